The van der Waals surface area contributed by atoms with Gasteiger partial charge in [-0.15, -0.1) is 0 Å². The summed E-state index contributed by atoms with van der Waals surface area (Å²) < 4.78 is 16.3. The first-order chi connectivity index (χ1) is 14.6. The summed E-state index contributed by atoms with van der Waals surface area (Å²) in [6, 6.07) is 16.1. The highest BCUT2D eigenvalue weighted by molar-refractivity contribution is 5.94. The van der Waals surface area contributed by atoms with E-state index in [-0.39, 0.29) is 24.0 Å². The topological polar surface area (TPSA) is 116 Å². The number of furan rings is 1. The molecule has 0 saturated carbocycles. The Balaban J connectivity index is 1.53. The number of rotatable bonds is 9. The molecule has 1 heterocycles. The van der Waals surface area contributed by atoms with E-state index in [4.69, 9.17) is 13.9 Å². The van der Waals surface area contributed by atoms with E-state index in [1.807, 2.05) is 6.92 Å². The predicted octanol–water partition coefficient (Wildman–Crippen LogP) is 3.93. The van der Waals surface area contributed by atoms with Crippen molar-refractivity contribution in [2.75, 3.05) is 6.61 Å². The standard InChI is InChI=1S/C21H19N3O6/c1-2-28-16-9-7-15(8-10-16)21(25)23-22-13-17-11-12-18(30-17)14-29-20-6-4-3-5-19(20)24(26)27/h3-13H,2,14H2,1H3,(H,23,25)/b22-13-. The molecule has 1 N–H and O–H groups in total. The van der Waals surface area contributed by atoms with Crippen LogP contribution in [0.3, 0.4) is 0 Å². The highest BCUT2D eigenvalue weighted by atomic mass is 16.6. The van der Waals surface area contributed by atoms with Gasteiger partial charge < -0.3 is 13.9 Å². The Morgan fingerprint density at radius 2 is 1.90 bits per heavy atom. The van der Waals surface area contributed by atoms with Crippen molar-refractivity contribution in [3.63, 3.8) is 0 Å². The van der Waals surface area contributed by atoms with E-state index >= 15 is 0 Å². The summed E-state index contributed by atoms with van der Waals surface area (Å²) >= 11 is 0. The van der Waals surface area contributed by atoms with Gasteiger partial charge in [0.25, 0.3) is 5.91 Å². The Labute approximate surface area is 172 Å². The van der Waals surface area contributed by atoms with E-state index < -0.39 is 4.92 Å². The zero-order valence-electron chi connectivity index (χ0n) is 16.1. The number of amides is 1. The second-order valence-corrected chi connectivity index (χ2v) is 5.97. The van der Waals surface area contributed by atoms with Crippen molar-refractivity contribution in [1.29, 1.82) is 0 Å². The maximum Gasteiger partial charge on any atom is 0.310 e. The summed E-state index contributed by atoms with van der Waals surface area (Å²) in [5.74, 6) is 1.30. The fourth-order valence-electron chi connectivity index (χ4n) is 2.51. The van der Waals surface area contributed by atoms with Crippen molar-refractivity contribution in [1.82, 2.24) is 5.43 Å². The molecule has 0 aliphatic heterocycles. The average molecular weight is 409 g/mol. The van der Waals surface area contributed by atoms with Crippen molar-refractivity contribution in [2.24, 2.45) is 5.10 Å². The molecule has 9 heteroatoms. The molecule has 0 fully saturated rings. The first-order valence-electron chi connectivity index (χ1n) is 9.08. The quantitative estimate of drug-likeness (QED) is 0.325. The summed E-state index contributed by atoms with van der Waals surface area (Å²) in [5, 5.41) is 14.9. The highest BCUT2D eigenvalue weighted by Gasteiger charge is 2.14. The maximum atomic E-state index is 12.1. The van der Waals surface area contributed by atoms with E-state index in [2.05, 4.69) is 10.5 Å². The lowest BCUT2D eigenvalue weighted by molar-refractivity contribution is -0.386. The number of carbonyl (C=O) groups excluding carboxylic acids is 1. The SMILES string of the molecule is CCOc1ccc(C(=O)N/N=C\c2ccc(COc3ccccc3[N+](=O)[O-])o2)cc1. The fraction of sp³-hybridized carbons (Fsp3) is 0.143. The zero-order chi connectivity index (χ0) is 21.3. The van der Waals surface area contributed by atoms with Gasteiger partial charge in [0.15, 0.2) is 5.75 Å². The molecule has 1 aromatic heterocycles. The first-order valence-corrected chi connectivity index (χ1v) is 9.08. The molecule has 0 atom stereocenters. The fourth-order valence-corrected chi connectivity index (χ4v) is 2.51. The van der Waals surface area contributed by atoms with Crippen molar-refractivity contribution in [3.8, 4) is 11.5 Å². The summed E-state index contributed by atoms with van der Waals surface area (Å²) in [7, 11) is 0. The molecule has 0 aliphatic rings. The minimum atomic E-state index is -0.511. The molecule has 154 valence electrons. The van der Waals surface area contributed by atoms with Crippen molar-refractivity contribution in [3.05, 3.63) is 87.9 Å². The van der Waals surface area contributed by atoms with Crippen molar-refractivity contribution < 1.29 is 23.6 Å². The molecule has 0 bridgehead atoms. The number of hydrogen-bond donors (Lipinski definition) is 1. The van der Waals surface area contributed by atoms with Crippen LogP contribution in [0.15, 0.2) is 70.2 Å². The molecule has 30 heavy (non-hydrogen) atoms. The Morgan fingerprint density at radius 3 is 2.63 bits per heavy atom. The van der Waals surface area contributed by atoms with Crippen LogP contribution in [0.2, 0.25) is 0 Å². The third kappa shape index (κ3) is 5.44. The van der Waals surface area contributed by atoms with Crippen LogP contribution in [-0.2, 0) is 6.61 Å². The molecule has 3 rings (SSSR count). The molecule has 0 spiro atoms. The van der Waals surface area contributed by atoms with Crippen LogP contribution in [0, 0.1) is 10.1 Å². The van der Waals surface area contributed by atoms with E-state index in [1.165, 1.54) is 18.3 Å². The van der Waals surface area contributed by atoms with Gasteiger partial charge in [-0.2, -0.15) is 5.10 Å². The Morgan fingerprint density at radius 1 is 1.13 bits per heavy atom. The molecule has 0 aliphatic carbocycles. The number of nitrogens with one attached hydrogen (secondary N) is 1. The molecule has 2 aromatic carbocycles. The molecule has 0 radical (unpaired) electrons. The minimum absolute atomic E-state index is 0.0111. The number of carbonyl (C=O) groups is 1. The summed E-state index contributed by atoms with van der Waals surface area (Å²) in [5.41, 5.74) is 2.73. The molecule has 1 amide bonds. The Bertz CT molecular complexity index is 1040. The second kappa shape index (κ2) is 9.87. The lowest BCUT2D eigenvalue weighted by Gasteiger charge is -2.04. The highest BCUT2D eigenvalue weighted by Crippen LogP contribution is 2.26. The third-order valence-electron chi connectivity index (χ3n) is 3.90. The maximum absolute atomic E-state index is 12.1. The van der Waals surface area contributed by atoms with Crippen LogP contribution in [0.1, 0.15) is 28.8 Å². The van der Waals surface area contributed by atoms with Gasteiger partial charge in [0.1, 0.15) is 23.9 Å². The van der Waals surface area contributed by atoms with Gasteiger partial charge in [-0.05, 0) is 49.4 Å². The number of nitro groups is 1. The molecule has 3 aromatic rings. The normalized spacial score (nSPS) is 10.7. The van der Waals surface area contributed by atoms with Crippen molar-refractivity contribution >= 4 is 17.8 Å². The van der Waals surface area contributed by atoms with Crippen LogP contribution in [-0.4, -0.2) is 23.7 Å². The number of hydrazone groups is 1. The van der Waals surface area contributed by atoms with Gasteiger partial charge in [-0.3, -0.25) is 14.9 Å². The van der Waals surface area contributed by atoms with E-state index in [0.717, 1.165) is 0 Å². The van der Waals surface area contributed by atoms with Gasteiger partial charge in [-0.1, -0.05) is 12.1 Å². The van der Waals surface area contributed by atoms with Crippen LogP contribution in [0.25, 0.3) is 0 Å². The number of nitrogens with zero attached hydrogens (tertiary/aromatic N) is 2. The van der Waals surface area contributed by atoms with E-state index in [9.17, 15) is 14.9 Å². The average Bonchev–Trinajstić information content (AvgIpc) is 3.21. The zero-order valence-corrected chi connectivity index (χ0v) is 16.1. The molecular weight excluding hydrogens is 390 g/mol. The van der Waals surface area contributed by atoms with E-state index in [0.29, 0.717) is 29.4 Å². The van der Waals surface area contributed by atoms with Crippen LogP contribution in [0.5, 0.6) is 11.5 Å². The number of benzene rings is 2. The number of para-hydroxylation sites is 2. The van der Waals surface area contributed by atoms with Crippen LogP contribution in [0.4, 0.5) is 5.69 Å². The largest absolute Gasteiger partial charge is 0.494 e. The van der Waals surface area contributed by atoms with Gasteiger partial charge in [-0.25, -0.2) is 5.43 Å². The first kappa shape index (κ1) is 20.6. The van der Waals surface area contributed by atoms with Crippen LogP contribution >= 0.6 is 0 Å². The van der Waals surface area contributed by atoms with Gasteiger partial charge >= 0.3 is 5.69 Å². The smallest absolute Gasteiger partial charge is 0.310 e. The summed E-state index contributed by atoms with van der Waals surface area (Å²) in [4.78, 5) is 22.6. The lowest BCUT2D eigenvalue weighted by atomic mass is 10.2. The van der Waals surface area contributed by atoms with Gasteiger partial charge in [0, 0.05) is 11.6 Å². The summed E-state index contributed by atoms with van der Waals surface area (Å²) in [6.07, 6.45) is 1.35. The van der Waals surface area contributed by atoms with Gasteiger partial charge in [0.2, 0.25) is 0 Å². The Hall–Kier alpha value is -4.14. The second-order valence-electron chi connectivity index (χ2n) is 5.97. The third-order valence-corrected chi connectivity index (χ3v) is 3.90. The number of ether oxygens (including phenoxy) is 2. The summed E-state index contributed by atoms with van der Waals surface area (Å²) in [6.45, 7) is 2.44. The number of hydrogen-bond acceptors (Lipinski definition) is 7. The predicted molar refractivity (Wildman–Crippen MR) is 109 cm³/mol. The monoisotopic (exact) mass is 409 g/mol. The number of nitro benzene ring substituents is 1. The molecule has 9 nitrogen and oxygen atoms in total. The Kier molecular flexibility index (Phi) is 6.78. The molecular formula is C21H19N3O6. The lowest BCUT2D eigenvalue weighted by Crippen LogP contribution is -2.17. The van der Waals surface area contributed by atoms with Crippen LogP contribution < -0.4 is 14.9 Å². The molecule has 0 saturated heterocycles. The molecule has 0 unspecified atom stereocenters. The minimum Gasteiger partial charge on any atom is -0.494 e. The van der Waals surface area contributed by atoms with Crippen molar-refractivity contribution in [2.45, 2.75) is 13.5 Å². The van der Waals surface area contributed by atoms with E-state index in [1.54, 1.807) is 48.5 Å². The van der Waals surface area contributed by atoms with Gasteiger partial charge in [0.05, 0.1) is 17.7 Å².